The number of halogens is 1. The summed E-state index contributed by atoms with van der Waals surface area (Å²) in [5.74, 6) is 0.386. The van der Waals surface area contributed by atoms with Gasteiger partial charge in [-0.2, -0.15) is 0 Å². The summed E-state index contributed by atoms with van der Waals surface area (Å²) in [4.78, 5) is 14.8. The van der Waals surface area contributed by atoms with E-state index in [1.165, 1.54) is 11.1 Å². The molecule has 1 fully saturated rings. The van der Waals surface area contributed by atoms with Gasteiger partial charge in [-0.05, 0) is 62.0 Å². The van der Waals surface area contributed by atoms with Gasteiger partial charge in [0.25, 0.3) is 0 Å². The third-order valence-electron chi connectivity index (χ3n) is 5.06. The van der Waals surface area contributed by atoms with Crippen molar-refractivity contribution in [2.45, 2.75) is 32.2 Å². The number of benzene rings is 2. The molecule has 2 aromatic rings. The molecule has 1 amide bonds. The van der Waals surface area contributed by atoms with Gasteiger partial charge in [0.05, 0.1) is 0 Å². The fraction of sp³-hybridized carbons (Fsp3) is 0.409. The molecule has 0 aliphatic carbocycles. The van der Waals surface area contributed by atoms with Gasteiger partial charge < -0.3 is 5.32 Å². The van der Waals surface area contributed by atoms with Crippen LogP contribution in [0.2, 0.25) is 5.02 Å². The van der Waals surface area contributed by atoms with Crippen LogP contribution in [0.4, 0.5) is 0 Å². The number of nitrogens with zero attached hydrogens (tertiary/aromatic N) is 1. The maximum atomic E-state index is 12.4. The lowest BCUT2D eigenvalue weighted by atomic mass is 9.95. The molecule has 26 heavy (non-hydrogen) atoms. The summed E-state index contributed by atoms with van der Waals surface area (Å²) >= 11 is 5.94. The quantitative estimate of drug-likeness (QED) is 0.737. The zero-order chi connectivity index (χ0) is 18.2. The van der Waals surface area contributed by atoms with Crippen LogP contribution in [0.5, 0.6) is 0 Å². The number of aryl methyl sites for hydroxylation is 1. The number of nitrogens with one attached hydrogen (secondary N) is 1. The molecule has 1 heterocycles. The van der Waals surface area contributed by atoms with Crippen molar-refractivity contribution in [2.24, 2.45) is 5.92 Å². The van der Waals surface area contributed by atoms with Crippen LogP contribution in [0, 0.1) is 5.92 Å². The molecule has 1 aliphatic heterocycles. The van der Waals surface area contributed by atoms with Gasteiger partial charge in [0.2, 0.25) is 5.91 Å². The van der Waals surface area contributed by atoms with Crippen molar-refractivity contribution < 1.29 is 4.79 Å². The van der Waals surface area contributed by atoms with Crippen LogP contribution in [0.1, 0.15) is 30.4 Å². The van der Waals surface area contributed by atoms with Crippen LogP contribution in [-0.4, -0.2) is 30.4 Å². The molecule has 0 aromatic heterocycles. The van der Waals surface area contributed by atoms with Crippen LogP contribution in [0.3, 0.4) is 0 Å². The summed E-state index contributed by atoms with van der Waals surface area (Å²) in [5, 5.41) is 3.90. The van der Waals surface area contributed by atoms with E-state index in [9.17, 15) is 4.79 Å². The van der Waals surface area contributed by atoms with E-state index < -0.39 is 0 Å². The highest BCUT2D eigenvalue weighted by Gasteiger charge is 2.24. The SMILES string of the molecule is O=C(NCCCc1ccccc1)C1CCN(Cc2ccc(Cl)cc2)CC1. The summed E-state index contributed by atoms with van der Waals surface area (Å²) in [6.07, 6.45) is 3.89. The van der Waals surface area contributed by atoms with E-state index >= 15 is 0 Å². The topological polar surface area (TPSA) is 32.3 Å². The molecule has 1 N–H and O–H groups in total. The molecule has 3 rings (SSSR count). The minimum atomic E-state index is 0.160. The molecule has 3 nitrogen and oxygen atoms in total. The van der Waals surface area contributed by atoms with Crippen LogP contribution < -0.4 is 5.32 Å². The van der Waals surface area contributed by atoms with Gasteiger partial charge in [0.1, 0.15) is 0 Å². The molecular formula is C22H27ClN2O. The first-order valence-corrected chi connectivity index (χ1v) is 9.87. The Morgan fingerprint density at radius 1 is 1.00 bits per heavy atom. The van der Waals surface area contributed by atoms with Gasteiger partial charge in [-0.1, -0.05) is 54.1 Å². The molecule has 2 aromatic carbocycles. The highest BCUT2D eigenvalue weighted by atomic mass is 35.5. The highest BCUT2D eigenvalue weighted by Crippen LogP contribution is 2.20. The minimum absolute atomic E-state index is 0.160. The smallest absolute Gasteiger partial charge is 0.223 e. The molecular weight excluding hydrogens is 344 g/mol. The van der Waals surface area contributed by atoms with Crippen molar-refractivity contribution in [1.82, 2.24) is 10.2 Å². The first kappa shape index (κ1) is 18.9. The molecule has 1 aliphatic rings. The molecule has 0 radical (unpaired) electrons. The van der Waals surface area contributed by atoms with E-state index in [0.29, 0.717) is 0 Å². The Labute approximate surface area is 161 Å². The molecule has 0 unspecified atom stereocenters. The maximum Gasteiger partial charge on any atom is 0.223 e. The Morgan fingerprint density at radius 2 is 1.69 bits per heavy atom. The van der Waals surface area contributed by atoms with Gasteiger partial charge in [-0.3, -0.25) is 9.69 Å². The lowest BCUT2D eigenvalue weighted by Gasteiger charge is -2.31. The Bertz CT molecular complexity index is 679. The summed E-state index contributed by atoms with van der Waals surface area (Å²) in [5.41, 5.74) is 2.61. The number of likely N-dealkylation sites (tertiary alicyclic amines) is 1. The van der Waals surface area contributed by atoms with Crippen LogP contribution in [-0.2, 0) is 17.8 Å². The first-order chi connectivity index (χ1) is 12.7. The highest BCUT2D eigenvalue weighted by molar-refractivity contribution is 6.30. The van der Waals surface area contributed by atoms with E-state index in [-0.39, 0.29) is 11.8 Å². The molecule has 0 atom stereocenters. The summed E-state index contributed by atoms with van der Waals surface area (Å²) in [7, 11) is 0. The number of amides is 1. The molecule has 0 saturated carbocycles. The maximum absolute atomic E-state index is 12.4. The first-order valence-electron chi connectivity index (χ1n) is 9.49. The van der Waals surface area contributed by atoms with Gasteiger partial charge in [-0.15, -0.1) is 0 Å². The standard InChI is InChI=1S/C22H27ClN2O/c23-21-10-8-19(9-11-21)17-25-15-12-20(13-16-25)22(26)24-14-4-7-18-5-2-1-3-6-18/h1-3,5-6,8-11,20H,4,7,12-17H2,(H,24,26). The van der Waals surface area contributed by atoms with E-state index in [2.05, 4.69) is 46.6 Å². The number of hydrogen-bond acceptors (Lipinski definition) is 2. The second kappa shape index (κ2) is 9.75. The van der Waals surface area contributed by atoms with Crippen molar-refractivity contribution in [3.63, 3.8) is 0 Å². The van der Waals surface area contributed by atoms with Crippen LogP contribution >= 0.6 is 11.6 Å². The van der Waals surface area contributed by atoms with E-state index in [1.54, 1.807) is 0 Å². The molecule has 4 heteroatoms. The molecule has 138 valence electrons. The predicted octanol–water partition coefficient (Wildman–Crippen LogP) is 4.30. The third-order valence-corrected chi connectivity index (χ3v) is 5.31. The zero-order valence-corrected chi connectivity index (χ0v) is 15.9. The number of rotatable bonds is 7. The van der Waals surface area contributed by atoms with E-state index in [1.807, 2.05) is 18.2 Å². The van der Waals surface area contributed by atoms with E-state index in [0.717, 1.165) is 56.9 Å². The van der Waals surface area contributed by atoms with E-state index in [4.69, 9.17) is 11.6 Å². The number of carbonyl (C=O) groups excluding carboxylic acids is 1. The van der Waals surface area contributed by atoms with Gasteiger partial charge >= 0.3 is 0 Å². The van der Waals surface area contributed by atoms with Crippen molar-refractivity contribution in [3.05, 3.63) is 70.7 Å². The van der Waals surface area contributed by atoms with Crippen LogP contribution in [0.25, 0.3) is 0 Å². The van der Waals surface area contributed by atoms with Crippen LogP contribution in [0.15, 0.2) is 54.6 Å². The fourth-order valence-corrected chi connectivity index (χ4v) is 3.62. The van der Waals surface area contributed by atoms with Crippen molar-refractivity contribution in [1.29, 1.82) is 0 Å². The average molecular weight is 371 g/mol. The Morgan fingerprint density at radius 3 is 2.38 bits per heavy atom. The normalized spacial score (nSPS) is 15.7. The van der Waals surface area contributed by atoms with Gasteiger partial charge in [0, 0.05) is 24.0 Å². The van der Waals surface area contributed by atoms with Crippen molar-refractivity contribution >= 4 is 17.5 Å². The summed E-state index contributed by atoms with van der Waals surface area (Å²) in [6.45, 7) is 3.65. The second-order valence-corrected chi connectivity index (χ2v) is 7.49. The zero-order valence-electron chi connectivity index (χ0n) is 15.2. The van der Waals surface area contributed by atoms with Gasteiger partial charge in [0.15, 0.2) is 0 Å². The largest absolute Gasteiger partial charge is 0.356 e. The molecule has 1 saturated heterocycles. The Hall–Kier alpha value is -1.84. The number of piperidine rings is 1. The van der Waals surface area contributed by atoms with Crippen molar-refractivity contribution in [3.8, 4) is 0 Å². The third kappa shape index (κ3) is 5.86. The average Bonchev–Trinajstić information content (AvgIpc) is 2.68. The lowest BCUT2D eigenvalue weighted by Crippen LogP contribution is -2.40. The molecule has 0 bridgehead atoms. The lowest BCUT2D eigenvalue weighted by molar-refractivity contribution is -0.126. The number of carbonyl (C=O) groups is 1. The van der Waals surface area contributed by atoms with Crippen molar-refractivity contribution in [2.75, 3.05) is 19.6 Å². The van der Waals surface area contributed by atoms with Gasteiger partial charge in [-0.25, -0.2) is 0 Å². The minimum Gasteiger partial charge on any atom is -0.356 e. The Balaban J connectivity index is 1.33. The summed E-state index contributed by atoms with van der Waals surface area (Å²) in [6, 6.07) is 18.5. The fourth-order valence-electron chi connectivity index (χ4n) is 3.49. The predicted molar refractivity (Wildman–Crippen MR) is 107 cm³/mol. The Kier molecular flexibility index (Phi) is 7.10. The molecule has 0 spiro atoms. The summed E-state index contributed by atoms with van der Waals surface area (Å²) < 4.78 is 0. The number of hydrogen-bond donors (Lipinski definition) is 1. The second-order valence-electron chi connectivity index (χ2n) is 7.06. The monoisotopic (exact) mass is 370 g/mol.